The van der Waals surface area contributed by atoms with Gasteiger partial charge in [-0.05, 0) is 71.7 Å². The number of nitrogens with zero attached hydrogens (tertiary/aromatic N) is 1. The monoisotopic (exact) mass is 390 g/mol. The Kier molecular flexibility index (Phi) is 8.77. The van der Waals surface area contributed by atoms with Crippen molar-refractivity contribution in [3.63, 3.8) is 0 Å². The fourth-order valence-electron chi connectivity index (χ4n) is 3.23. The molecule has 0 spiro atoms. The molecular formula is C22H34N2O4. The third kappa shape index (κ3) is 8.74. The summed E-state index contributed by atoms with van der Waals surface area (Å²) in [4.78, 5) is 27.2. The molecule has 1 aromatic carbocycles. The van der Waals surface area contributed by atoms with E-state index in [9.17, 15) is 9.59 Å². The molecule has 0 aromatic heterocycles. The van der Waals surface area contributed by atoms with Crippen molar-refractivity contribution >= 4 is 12.1 Å². The van der Waals surface area contributed by atoms with Gasteiger partial charge in [0.15, 0.2) is 0 Å². The number of rotatable bonds is 8. The Morgan fingerprint density at radius 3 is 2.43 bits per heavy atom. The molecule has 1 saturated heterocycles. The van der Waals surface area contributed by atoms with Crippen LogP contribution in [0, 0.1) is 0 Å². The van der Waals surface area contributed by atoms with Gasteiger partial charge in [-0.2, -0.15) is 0 Å². The van der Waals surface area contributed by atoms with Crippen LogP contribution in [0.15, 0.2) is 30.3 Å². The van der Waals surface area contributed by atoms with Gasteiger partial charge in [-0.25, -0.2) is 9.59 Å². The molecular weight excluding hydrogens is 356 g/mol. The van der Waals surface area contributed by atoms with Crippen LogP contribution >= 0.6 is 0 Å². The molecule has 6 nitrogen and oxygen atoms in total. The van der Waals surface area contributed by atoms with E-state index in [2.05, 4.69) is 10.2 Å². The van der Waals surface area contributed by atoms with E-state index >= 15 is 0 Å². The summed E-state index contributed by atoms with van der Waals surface area (Å²) in [5.74, 6) is -0.423. The molecule has 1 fully saturated rings. The van der Waals surface area contributed by atoms with Crippen LogP contribution in [0.5, 0.6) is 0 Å². The van der Waals surface area contributed by atoms with Crippen LogP contribution in [0.3, 0.4) is 0 Å². The lowest BCUT2D eigenvalue weighted by Crippen LogP contribution is -2.44. The van der Waals surface area contributed by atoms with Crippen LogP contribution in [0.25, 0.3) is 0 Å². The van der Waals surface area contributed by atoms with E-state index in [4.69, 9.17) is 9.47 Å². The van der Waals surface area contributed by atoms with E-state index in [-0.39, 0.29) is 6.61 Å². The van der Waals surface area contributed by atoms with Crippen LogP contribution < -0.4 is 5.32 Å². The minimum Gasteiger partial charge on any atom is -0.459 e. The maximum Gasteiger partial charge on any atom is 0.408 e. The highest BCUT2D eigenvalue weighted by Gasteiger charge is 2.25. The molecule has 28 heavy (non-hydrogen) atoms. The lowest BCUT2D eigenvalue weighted by atomic mass is 10.1. The number of likely N-dealkylation sites (tertiary alicyclic amines) is 1. The van der Waals surface area contributed by atoms with Crippen LogP contribution in [0.1, 0.15) is 58.4 Å². The molecule has 0 radical (unpaired) electrons. The van der Waals surface area contributed by atoms with Gasteiger partial charge in [0.05, 0.1) is 0 Å². The Bertz CT molecular complexity index is 607. The second-order valence-corrected chi connectivity index (χ2v) is 8.34. The van der Waals surface area contributed by atoms with Gasteiger partial charge >= 0.3 is 12.1 Å². The normalized spacial score (nSPS) is 16.2. The Morgan fingerprint density at radius 1 is 1.11 bits per heavy atom. The maximum absolute atomic E-state index is 12.6. The lowest BCUT2D eigenvalue weighted by Gasteiger charge is -2.27. The summed E-state index contributed by atoms with van der Waals surface area (Å²) >= 11 is 0. The molecule has 1 amide bonds. The third-order valence-corrected chi connectivity index (χ3v) is 4.62. The number of carbonyl (C=O) groups excluding carboxylic acids is 2. The van der Waals surface area contributed by atoms with Crippen LogP contribution in [-0.2, 0) is 20.9 Å². The number of alkyl carbamates (subject to hydrolysis) is 1. The van der Waals surface area contributed by atoms with E-state index in [0.29, 0.717) is 6.42 Å². The van der Waals surface area contributed by atoms with Crippen LogP contribution in [0.4, 0.5) is 4.79 Å². The molecule has 1 heterocycles. The fourth-order valence-corrected chi connectivity index (χ4v) is 3.23. The minimum atomic E-state index is -0.705. The quantitative estimate of drug-likeness (QED) is 0.682. The number of esters is 1. The number of carbonyl (C=O) groups is 2. The zero-order valence-electron chi connectivity index (χ0n) is 17.4. The van der Waals surface area contributed by atoms with Crippen molar-refractivity contribution in [2.45, 2.75) is 71.1 Å². The molecule has 0 bridgehead atoms. The van der Waals surface area contributed by atoms with Crippen molar-refractivity contribution in [2.24, 2.45) is 0 Å². The Hall–Kier alpha value is -2.08. The van der Waals surface area contributed by atoms with E-state index in [0.717, 1.165) is 31.6 Å². The minimum absolute atomic E-state index is 0.193. The largest absolute Gasteiger partial charge is 0.459 e. The van der Waals surface area contributed by atoms with Gasteiger partial charge in [0.25, 0.3) is 0 Å². The number of hydrogen-bond donors (Lipinski definition) is 1. The van der Waals surface area contributed by atoms with Gasteiger partial charge in [-0.1, -0.05) is 36.8 Å². The maximum atomic E-state index is 12.6. The first-order valence-corrected chi connectivity index (χ1v) is 10.3. The summed E-state index contributed by atoms with van der Waals surface area (Å²) in [5, 5.41) is 2.69. The van der Waals surface area contributed by atoms with E-state index < -0.39 is 23.7 Å². The SMILES string of the molecule is CC(C)(C)OC(=O)N[C@@H](CCCN1CCCCC1)C(=O)OCc1ccccc1. The predicted octanol–water partition coefficient (Wildman–Crippen LogP) is 3.89. The number of piperidine rings is 1. The molecule has 156 valence electrons. The van der Waals surface area contributed by atoms with E-state index in [1.54, 1.807) is 20.8 Å². The average molecular weight is 391 g/mol. The highest BCUT2D eigenvalue weighted by molar-refractivity contribution is 5.81. The van der Waals surface area contributed by atoms with Crippen molar-refractivity contribution in [1.82, 2.24) is 10.2 Å². The number of benzene rings is 1. The summed E-state index contributed by atoms with van der Waals surface area (Å²) in [6, 6.07) is 8.82. The van der Waals surface area contributed by atoms with Crippen molar-refractivity contribution in [3.05, 3.63) is 35.9 Å². The van der Waals surface area contributed by atoms with Gasteiger partial charge in [0.1, 0.15) is 18.2 Å². The Morgan fingerprint density at radius 2 is 1.79 bits per heavy atom. The number of ether oxygens (including phenoxy) is 2. The predicted molar refractivity (Wildman–Crippen MR) is 109 cm³/mol. The lowest BCUT2D eigenvalue weighted by molar-refractivity contribution is -0.147. The molecule has 0 saturated carbocycles. The molecule has 2 rings (SSSR count). The zero-order chi connectivity index (χ0) is 20.4. The molecule has 1 aliphatic rings. The standard InChI is InChI=1S/C22H34N2O4/c1-22(2,3)28-21(26)23-19(13-10-16-24-14-8-5-9-15-24)20(25)27-17-18-11-6-4-7-12-18/h4,6-7,11-12,19H,5,8-10,13-17H2,1-3H3,(H,23,26)/t19-/m0/s1. The average Bonchev–Trinajstić information content (AvgIpc) is 2.65. The van der Waals surface area contributed by atoms with Crippen molar-refractivity contribution < 1.29 is 19.1 Å². The number of amides is 1. The molecule has 1 N–H and O–H groups in total. The fraction of sp³-hybridized carbons (Fsp3) is 0.636. The summed E-state index contributed by atoms with van der Waals surface area (Å²) in [6.07, 6.45) is 4.53. The summed E-state index contributed by atoms with van der Waals surface area (Å²) in [6.45, 7) is 8.74. The Labute approximate surface area is 168 Å². The molecule has 0 aliphatic carbocycles. The third-order valence-electron chi connectivity index (χ3n) is 4.62. The topological polar surface area (TPSA) is 67.9 Å². The van der Waals surface area contributed by atoms with Crippen molar-refractivity contribution in [3.8, 4) is 0 Å². The second kappa shape index (κ2) is 11.1. The first-order chi connectivity index (χ1) is 13.3. The second-order valence-electron chi connectivity index (χ2n) is 8.34. The van der Waals surface area contributed by atoms with E-state index in [1.807, 2.05) is 30.3 Å². The van der Waals surface area contributed by atoms with Crippen molar-refractivity contribution in [1.29, 1.82) is 0 Å². The van der Waals surface area contributed by atoms with Gasteiger partial charge < -0.3 is 19.7 Å². The van der Waals surface area contributed by atoms with Crippen LogP contribution in [-0.4, -0.2) is 48.2 Å². The first-order valence-electron chi connectivity index (χ1n) is 10.3. The summed E-state index contributed by atoms with van der Waals surface area (Å²) in [5.41, 5.74) is 0.302. The molecule has 6 heteroatoms. The van der Waals surface area contributed by atoms with Gasteiger partial charge in [0.2, 0.25) is 0 Å². The highest BCUT2D eigenvalue weighted by Crippen LogP contribution is 2.12. The summed E-state index contributed by atoms with van der Waals surface area (Å²) in [7, 11) is 0. The first kappa shape index (κ1) is 22.2. The van der Waals surface area contributed by atoms with Crippen molar-refractivity contribution in [2.75, 3.05) is 19.6 Å². The number of nitrogens with one attached hydrogen (secondary N) is 1. The Balaban J connectivity index is 1.87. The molecule has 1 atom stereocenters. The van der Waals surface area contributed by atoms with Gasteiger partial charge in [0, 0.05) is 0 Å². The molecule has 0 unspecified atom stereocenters. The van der Waals surface area contributed by atoms with Gasteiger partial charge in [-0.3, -0.25) is 0 Å². The summed E-state index contributed by atoms with van der Waals surface area (Å²) < 4.78 is 10.8. The van der Waals surface area contributed by atoms with E-state index in [1.165, 1.54) is 19.3 Å². The highest BCUT2D eigenvalue weighted by atomic mass is 16.6. The number of hydrogen-bond acceptors (Lipinski definition) is 5. The van der Waals surface area contributed by atoms with Crippen LogP contribution in [0.2, 0.25) is 0 Å². The molecule has 1 aliphatic heterocycles. The molecule has 1 aromatic rings. The zero-order valence-corrected chi connectivity index (χ0v) is 17.4. The van der Waals surface area contributed by atoms with Gasteiger partial charge in [-0.15, -0.1) is 0 Å². The smallest absolute Gasteiger partial charge is 0.408 e.